The van der Waals surface area contributed by atoms with Gasteiger partial charge in [0.1, 0.15) is 16.9 Å². The minimum Gasteiger partial charge on any atom is -0.426 e. The van der Waals surface area contributed by atoms with Crippen molar-refractivity contribution in [3.05, 3.63) is 40.2 Å². The van der Waals surface area contributed by atoms with E-state index >= 15 is 0 Å². The first kappa shape index (κ1) is 17.7. The summed E-state index contributed by atoms with van der Waals surface area (Å²) < 4.78 is 10.4. The SMILES string of the molecule is CCC(C)NC(=O)c1cc2ccc(OC(=O)C(C)C)cc2oc1=O. The number of nitrogens with one attached hydrogen (secondary N) is 1. The van der Waals surface area contributed by atoms with Gasteiger partial charge in [-0.05, 0) is 31.5 Å². The first-order valence-corrected chi connectivity index (χ1v) is 7.92. The number of hydrogen-bond donors (Lipinski definition) is 1. The van der Waals surface area contributed by atoms with E-state index in [9.17, 15) is 14.4 Å². The van der Waals surface area contributed by atoms with Crippen LogP contribution in [0.4, 0.5) is 0 Å². The smallest absolute Gasteiger partial charge is 0.349 e. The molecule has 1 atom stereocenters. The van der Waals surface area contributed by atoms with Crippen LogP contribution in [-0.2, 0) is 4.79 Å². The molecule has 0 saturated carbocycles. The Labute approximate surface area is 139 Å². The fourth-order valence-corrected chi connectivity index (χ4v) is 1.95. The highest BCUT2D eigenvalue weighted by Gasteiger charge is 2.16. The summed E-state index contributed by atoms with van der Waals surface area (Å²) >= 11 is 0. The van der Waals surface area contributed by atoms with Gasteiger partial charge in [-0.3, -0.25) is 9.59 Å². The van der Waals surface area contributed by atoms with Crippen molar-refractivity contribution in [1.82, 2.24) is 5.32 Å². The quantitative estimate of drug-likeness (QED) is 0.517. The summed E-state index contributed by atoms with van der Waals surface area (Å²) in [5.41, 5.74) is -0.514. The van der Waals surface area contributed by atoms with Gasteiger partial charge in [-0.15, -0.1) is 0 Å². The fourth-order valence-electron chi connectivity index (χ4n) is 1.95. The normalized spacial score (nSPS) is 12.2. The predicted molar refractivity (Wildman–Crippen MR) is 90.2 cm³/mol. The van der Waals surface area contributed by atoms with E-state index in [1.807, 2.05) is 13.8 Å². The molecule has 0 spiro atoms. The number of amides is 1. The Balaban J connectivity index is 2.34. The molecule has 2 aromatic rings. The third kappa shape index (κ3) is 4.01. The topological polar surface area (TPSA) is 85.6 Å². The van der Waals surface area contributed by atoms with Crippen LogP contribution in [-0.4, -0.2) is 17.9 Å². The number of hydrogen-bond acceptors (Lipinski definition) is 5. The molecule has 0 fully saturated rings. The average molecular weight is 331 g/mol. The molecule has 1 heterocycles. The standard InChI is InChI=1S/C18H21NO5/c1-5-11(4)19-16(20)14-8-12-6-7-13(23-17(21)10(2)3)9-15(12)24-18(14)22/h6-11H,5H2,1-4H3,(H,19,20). The molecule has 6 nitrogen and oxygen atoms in total. The van der Waals surface area contributed by atoms with Gasteiger partial charge >= 0.3 is 11.6 Å². The maximum absolute atomic E-state index is 12.1. The van der Waals surface area contributed by atoms with Crippen LogP contribution in [0.2, 0.25) is 0 Å². The highest BCUT2D eigenvalue weighted by Crippen LogP contribution is 2.21. The van der Waals surface area contributed by atoms with Gasteiger partial charge in [0.15, 0.2) is 0 Å². The van der Waals surface area contributed by atoms with Crippen molar-refractivity contribution in [2.24, 2.45) is 5.92 Å². The predicted octanol–water partition coefficient (Wildman–Crippen LogP) is 2.88. The number of ether oxygens (including phenoxy) is 1. The van der Waals surface area contributed by atoms with Gasteiger partial charge in [0.2, 0.25) is 0 Å². The molecule has 2 rings (SSSR count). The van der Waals surface area contributed by atoms with Crippen molar-refractivity contribution in [3.63, 3.8) is 0 Å². The molecule has 1 unspecified atom stereocenters. The highest BCUT2D eigenvalue weighted by molar-refractivity contribution is 5.97. The fraction of sp³-hybridized carbons (Fsp3) is 0.389. The van der Waals surface area contributed by atoms with Crippen LogP contribution in [0.25, 0.3) is 11.0 Å². The lowest BCUT2D eigenvalue weighted by Gasteiger charge is -2.11. The monoisotopic (exact) mass is 331 g/mol. The van der Waals surface area contributed by atoms with Crippen LogP contribution in [0.3, 0.4) is 0 Å². The van der Waals surface area contributed by atoms with E-state index in [1.54, 1.807) is 26.0 Å². The number of carbonyl (C=O) groups is 2. The molecule has 0 aliphatic heterocycles. The summed E-state index contributed by atoms with van der Waals surface area (Å²) in [5.74, 6) is -0.808. The van der Waals surface area contributed by atoms with Gasteiger partial charge in [-0.2, -0.15) is 0 Å². The Hall–Kier alpha value is -2.63. The van der Waals surface area contributed by atoms with E-state index in [-0.39, 0.29) is 29.1 Å². The molecule has 128 valence electrons. The Bertz CT molecular complexity index is 822. The van der Waals surface area contributed by atoms with Gasteiger partial charge < -0.3 is 14.5 Å². The molecular formula is C18H21NO5. The van der Waals surface area contributed by atoms with Crippen LogP contribution in [0.1, 0.15) is 44.5 Å². The lowest BCUT2D eigenvalue weighted by molar-refractivity contribution is -0.137. The molecule has 1 aromatic carbocycles. The van der Waals surface area contributed by atoms with Crippen LogP contribution in [0.15, 0.2) is 33.5 Å². The van der Waals surface area contributed by atoms with Crippen molar-refractivity contribution < 1.29 is 18.7 Å². The molecule has 6 heteroatoms. The van der Waals surface area contributed by atoms with Crippen molar-refractivity contribution in [2.45, 2.75) is 40.2 Å². The summed E-state index contributed by atoms with van der Waals surface area (Å²) in [6.07, 6.45) is 0.759. The lowest BCUT2D eigenvalue weighted by Crippen LogP contribution is -2.34. The first-order chi connectivity index (χ1) is 11.3. The largest absolute Gasteiger partial charge is 0.426 e. The summed E-state index contributed by atoms with van der Waals surface area (Å²) in [7, 11) is 0. The van der Waals surface area contributed by atoms with Gasteiger partial charge in [-0.1, -0.05) is 20.8 Å². The van der Waals surface area contributed by atoms with E-state index in [0.29, 0.717) is 11.1 Å². The summed E-state index contributed by atoms with van der Waals surface area (Å²) in [6.45, 7) is 7.25. The van der Waals surface area contributed by atoms with Gasteiger partial charge in [0, 0.05) is 17.5 Å². The molecule has 1 amide bonds. The van der Waals surface area contributed by atoms with Crippen molar-refractivity contribution in [1.29, 1.82) is 0 Å². The molecule has 0 saturated heterocycles. The molecule has 1 N–H and O–H groups in total. The first-order valence-electron chi connectivity index (χ1n) is 7.92. The zero-order valence-corrected chi connectivity index (χ0v) is 14.2. The molecule has 24 heavy (non-hydrogen) atoms. The van der Waals surface area contributed by atoms with Gasteiger partial charge in [0.25, 0.3) is 5.91 Å². The Morgan fingerprint density at radius 2 is 1.92 bits per heavy atom. The van der Waals surface area contributed by atoms with Crippen LogP contribution in [0, 0.1) is 5.92 Å². The maximum Gasteiger partial charge on any atom is 0.349 e. The Kier molecular flexibility index (Phi) is 5.39. The van der Waals surface area contributed by atoms with E-state index < -0.39 is 11.5 Å². The average Bonchev–Trinajstić information content (AvgIpc) is 2.53. The zero-order valence-electron chi connectivity index (χ0n) is 14.2. The second kappa shape index (κ2) is 7.29. The Morgan fingerprint density at radius 3 is 2.54 bits per heavy atom. The van der Waals surface area contributed by atoms with Crippen molar-refractivity contribution in [2.75, 3.05) is 0 Å². The second-order valence-electron chi connectivity index (χ2n) is 6.01. The van der Waals surface area contributed by atoms with Crippen LogP contribution >= 0.6 is 0 Å². The minimum atomic E-state index is -0.726. The number of carbonyl (C=O) groups excluding carboxylic acids is 2. The Morgan fingerprint density at radius 1 is 1.21 bits per heavy atom. The zero-order chi connectivity index (χ0) is 17.9. The van der Waals surface area contributed by atoms with Crippen LogP contribution < -0.4 is 15.7 Å². The molecular weight excluding hydrogens is 310 g/mol. The third-order valence-corrected chi connectivity index (χ3v) is 3.63. The number of benzene rings is 1. The molecule has 1 aromatic heterocycles. The van der Waals surface area contributed by atoms with E-state index in [4.69, 9.17) is 9.15 Å². The molecule has 0 aliphatic carbocycles. The van der Waals surface area contributed by atoms with Crippen molar-refractivity contribution in [3.8, 4) is 5.75 Å². The number of esters is 1. The van der Waals surface area contributed by atoms with Gasteiger partial charge in [0.05, 0.1) is 5.92 Å². The third-order valence-electron chi connectivity index (χ3n) is 3.63. The summed E-state index contributed by atoms with van der Waals surface area (Å²) in [6, 6.07) is 6.14. The molecule has 0 radical (unpaired) electrons. The van der Waals surface area contributed by atoms with E-state index in [1.165, 1.54) is 12.1 Å². The number of fused-ring (bicyclic) bond motifs is 1. The second-order valence-corrected chi connectivity index (χ2v) is 6.01. The minimum absolute atomic E-state index is 0.0366. The highest BCUT2D eigenvalue weighted by atomic mass is 16.5. The maximum atomic E-state index is 12.1. The van der Waals surface area contributed by atoms with E-state index in [0.717, 1.165) is 6.42 Å². The summed E-state index contributed by atoms with van der Waals surface area (Å²) in [5, 5.41) is 3.31. The van der Waals surface area contributed by atoms with E-state index in [2.05, 4.69) is 5.32 Å². The van der Waals surface area contributed by atoms with Gasteiger partial charge in [-0.25, -0.2) is 4.79 Å². The molecule has 0 bridgehead atoms. The van der Waals surface area contributed by atoms with Crippen LogP contribution in [0.5, 0.6) is 5.75 Å². The molecule has 0 aliphatic rings. The summed E-state index contributed by atoms with van der Waals surface area (Å²) in [4.78, 5) is 35.8. The lowest BCUT2D eigenvalue weighted by atomic mass is 10.1. The van der Waals surface area contributed by atoms with Crippen molar-refractivity contribution >= 4 is 22.8 Å². The number of rotatable bonds is 5.